The van der Waals surface area contributed by atoms with E-state index in [0.717, 1.165) is 44.0 Å². The first-order valence-electron chi connectivity index (χ1n) is 13.3. The number of hydrogen-bond acceptors (Lipinski definition) is 4. The third-order valence-corrected chi connectivity index (χ3v) is 7.86. The summed E-state index contributed by atoms with van der Waals surface area (Å²) in [5, 5.41) is 3.03. The Morgan fingerprint density at radius 1 is 0.972 bits per heavy atom. The second-order valence-corrected chi connectivity index (χ2v) is 10.4. The third-order valence-electron chi connectivity index (χ3n) is 7.86. The Labute approximate surface area is 213 Å². The zero-order valence-electron chi connectivity index (χ0n) is 21.1. The first-order chi connectivity index (χ1) is 17.5. The number of fused-ring (bicyclic) bond motifs is 2. The van der Waals surface area contributed by atoms with E-state index in [9.17, 15) is 14.4 Å². The number of carbonyl (C=O) groups excluding carboxylic acids is 3. The number of benzene rings is 2. The van der Waals surface area contributed by atoms with Crippen LogP contribution in [0.15, 0.2) is 48.5 Å². The Bertz CT molecular complexity index is 1110. The van der Waals surface area contributed by atoms with Crippen LogP contribution in [0.4, 0.5) is 5.69 Å². The first-order valence-corrected chi connectivity index (χ1v) is 13.3. The predicted molar refractivity (Wildman–Crippen MR) is 140 cm³/mol. The molecule has 0 spiro atoms. The fourth-order valence-corrected chi connectivity index (χ4v) is 5.61. The van der Waals surface area contributed by atoms with Gasteiger partial charge in [0.05, 0.1) is 17.8 Å². The molecule has 3 aliphatic rings. The lowest BCUT2D eigenvalue weighted by molar-refractivity contribution is -0.122. The minimum atomic E-state index is -0.400. The quantitative estimate of drug-likeness (QED) is 0.604. The van der Waals surface area contributed by atoms with E-state index in [2.05, 4.69) is 17.1 Å². The Balaban J connectivity index is 1.20. The van der Waals surface area contributed by atoms with Gasteiger partial charge in [-0.05, 0) is 87.5 Å². The number of hydrogen-bond donors (Lipinski definition) is 1. The summed E-state index contributed by atoms with van der Waals surface area (Å²) in [6, 6.07) is 14.4. The van der Waals surface area contributed by atoms with Crippen molar-refractivity contribution in [3.05, 3.63) is 65.2 Å². The summed E-state index contributed by atoms with van der Waals surface area (Å²) in [7, 11) is 0. The summed E-state index contributed by atoms with van der Waals surface area (Å²) in [5.74, 6) is 0.662. The van der Waals surface area contributed by atoms with Gasteiger partial charge >= 0.3 is 0 Å². The van der Waals surface area contributed by atoms with E-state index >= 15 is 0 Å². The third kappa shape index (κ3) is 5.16. The van der Waals surface area contributed by atoms with E-state index in [1.807, 2.05) is 42.5 Å². The molecule has 0 aliphatic carbocycles. The number of rotatable bonds is 7. The number of nitrogens with one attached hydrogen (secondary N) is 1. The van der Waals surface area contributed by atoms with Gasteiger partial charge in [-0.1, -0.05) is 31.2 Å². The molecule has 0 bridgehead atoms. The van der Waals surface area contributed by atoms with Crippen LogP contribution in [0.2, 0.25) is 0 Å². The highest BCUT2D eigenvalue weighted by Crippen LogP contribution is 2.33. The second-order valence-electron chi connectivity index (χ2n) is 10.4. The molecule has 0 unspecified atom stereocenters. The van der Waals surface area contributed by atoms with E-state index in [1.54, 1.807) is 15.9 Å². The van der Waals surface area contributed by atoms with Crippen molar-refractivity contribution in [2.45, 2.75) is 51.6 Å². The van der Waals surface area contributed by atoms with Crippen LogP contribution < -0.4 is 10.2 Å². The maximum absolute atomic E-state index is 13.5. The number of nitrogens with zero attached hydrogens (tertiary/aromatic N) is 3. The molecule has 3 aliphatic heterocycles. The van der Waals surface area contributed by atoms with Gasteiger partial charge in [0.15, 0.2) is 0 Å². The van der Waals surface area contributed by atoms with Crippen molar-refractivity contribution in [1.29, 1.82) is 0 Å². The van der Waals surface area contributed by atoms with Crippen LogP contribution in [-0.4, -0.2) is 66.3 Å². The number of likely N-dealkylation sites (tertiary alicyclic amines) is 1. The van der Waals surface area contributed by atoms with Gasteiger partial charge in [0, 0.05) is 18.7 Å². The highest BCUT2D eigenvalue weighted by atomic mass is 16.2. The van der Waals surface area contributed by atoms with Gasteiger partial charge in [-0.15, -0.1) is 0 Å². The molecule has 0 aromatic heterocycles. The van der Waals surface area contributed by atoms with Gasteiger partial charge in [-0.25, -0.2) is 0 Å². The zero-order chi connectivity index (χ0) is 25.1. The highest BCUT2D eigenvalue weighted by Gasteiger charge is 2.41. The average molecular weight is 489 g/mol. The normalized spacial score (nSPS) is 20.8. The molecule has 1 atom stereocenters. The number of carbonyl (C=O) groups is 3. The molecule has 0 radical (unpaired) electrons. The lowest BCUT2D eigenvalue weighted by Crippen LogP contribution is -2.44. The molecule has 2 saturated heterocycles. The standard InChI is InChI=1S/C29H36N4O3/c1-21-13-18-31(19-14-21)16-5-15-30-27(34)23-11-9-22(10-12-23)20-33-25-7-3-2-6-24(25)28(35)32-17-4-8-26(32)29(33)36/h2-3,6-7,9-12,21,26H,4-5,8,13-20H2,1H3,(H,30,34)/t26-/m0/s1. The molecule has 2 aromatic rings. The molecule has 7 nitrogen and oxygen atoms in total. The second kappa shape index (κ2) is 10.8. The molecule has 1 N–H and O–H groups in total. The van der Waals surface area contributed by atoms with Crippen LogP contribution in [0, 0.1) is 5.92 Å². The van der Waals surface area contributed by atoms with Crippen molar-refractivity contribution in [2.75, 3.05) is 37.6 Å². The predicted octanol–water partition coefficient (Wildman–Crippen LogP) is 3.69. The lowest BCUT2D eigenvalue weighted by Gasteiger charge is -2.30. The van der Waals surface area contributed by atoms with Crippen molar-refractivity contribution in [3.63, 3.8) is 0 Å². The van der Waals surface area contributed by atoms with Gasteiger partial charge in [-0.3, -0.25) is 14.4 Å². The van der Waals surface area contributed by atoms with E-state index < -0.39 is 6.04 Å². The highest BCUT2D eigenvalue weighted by molar-refractivity contribution is 6.11. The van der Waals surface area contributed by atoms with Crippen LogP contribution in [0.1, 0.15) is 65.3 Å². The fourth-order valence-electron chi connectivity index (χ4n) is 5.61. The molecule has 7 heteroatoms. The summed E-state index contributed by atoms with van der Waals surface area (Å²) in [6.07, 6.45) is 5.03. The van der Waals surface area contributed by atoms with Crippen LogP contribution in [0.3, 0.4) is 0 Å². The van der Waals surface area contributed by atoms with Crippen LogP contribution in [0.25, 0.3) is 0 Å². The molecule has 3 heterocycles. The molecule has 190 valence electrons. The van der Waals surface area contributed by atoms with Gasteiger partial charge < -0.3 is 20.0 Å². The molecule has 2 fully saturated rings. The van der Waals surface area contributed by atoms with Gasteiger partial charge in [0.1, 0.15) is 6.04 Å². The van der Waals surface area contributed by atoms with E-state index in [4.69, 9.17) is 0 Å². The monoisotopic (exact) mass is 488 g/mol. The van der Waals surface area contributed by atoms with Crippen molar-refractivity contribution in [2.24, 2.45) is 5.92 Å². The molecular weight excluding hydrogens is 452 g/mol. The Kier molecular flexibility index (Phi) is 7.37. The number of amides is 3. The largest absolute Gasteiger partial charge is 0.352 e. The average Bonchev–Trinajstić information content (AvgIpc) is 3.38. The van der Waals surface area contributed by atoms with Crippen LogP contribution >= 0.6 is 0 Å². The zero-order valence-corrected chi connectivity index (χ0v) is 21.1. The minimum absolute atomic E-state index is 0.0317. The molecular formula is C29H36N4O3. The molecule has 36 heavy (non-hydrogen) atoms. The van der Waals surface area contributed by atoms with Gasteiger partial charge in [0.25, 0.3) is 11.8 Å². The van der Waals surface area contributed by atoms with E-state index in [1.165, 1.54) is 12.8 Å². The van der Waals surface area contributed by atoms with Crippen molar-refractivity contribution in [3.8, 4) is 0 Å². The number of piperidine rings is 1. The SMILES string of the molecule is CC1CCN(CCCNC(=O)c2ccc(CN3C(=O)[C@@H]4CCCN4C(=O)c4ccccc43)cc2)CC1. The smallest absolute Gasteiger partial charge is 0.256 e. The summed E-state index contributed by atoms with van der Waals surface area (Å²) in [6.45, 7) is 7.32. The number of anilines is 1. The topological polar surface area (TPSA) is 73.0 Å². The van der Waals surface area contributed by atoms with E-state index in [0.29, 0.717) is 42.9 Å². The Hall–Kier alpha value is -3.19. The summed E-state index contributed by atoms with van der Waals surface area (Å²) in [5.41, 5.74) is 2.77. The van der Waals surface area contributed by atoms with E-state index in [-0.39, 0.29) is 17.7 Å². The maximum Gasteiger partial charge on any atom is 0.256 e. The molecule has 2 aromatic carbocycles. The Morgan fingerprint density at radius 2 is 1.72 bits per heavy atom. The van der Waals surface area contributed by atoms with Crippen LogP contribution in [0.5, 0.6) is 0 Å². The summed E-state index contributed by atoms with van der Waals surface area (Å²) in [4.78, 5) is 45.1. The molecule has 0 saturated carbocycles. The minimum Gasteiger partial charge on any atom is -0.352 e. The van der Waals surface area contributed by atoms with Crippen molar-refractivity contribution < 1.29 is 14.4 Å². The number of para-hydroxylation sites is 1. The van der Waals surface area contributed by atoms with Crippen molar-refractivity contribution in [1.82, 2.24) is 15.1 Å². The van der Waals surface area contributed by atoms with Gasteiger partial charge in [-0.2, -0.15) is 0 Å². The van der Waals surface area contributed by atoms with Crippen molar-refractivity contribution >= 4 is 23.4 Å². The van der Waals surface area contributed by atoms with Gasteiger partial charge in [0.2, 0.25) is 5.91 Å². The fraction of sp³-hybridized carbons (Fsp3) is 0.483. The van der Waals surface area contributed by atoms with Crippen LogP contribution in [-0.2, 0) is 11.3 Å². The Morgan fingerprint density at radius 3 is 2.50 bits per heavy atom. The lowest BCUT2D eigenvalue weighted by atomic mass is 9.99. The molecule has 3 amide bonds. The molecule has 5 rings (SSSR count). The first kappa shape index (κ1) is 24.5. The maximum atomic E-state index is 13.5. The summed E-state index contributed by atoms with van der Waals surface area (Å²) >= 11 is 0. The summed E-state index contributed by atoms with van der Waals surface area (Å²) < 4.78 is 0.